The molecule has 0 aliphatic carbocycles. The van der Waals surface area contributed by atoms with E-state index in [0.717, 1.165) is 6.42 Å². The normalized spacial score (nSPS) is 17.1. The fourth-order valence-electron chi connectivity index (χ4n) is 1.88. The van der Waals surface area contributed by atoms with E-state index in [-0.39, 0.29) is 12.5 Å². The van der Waals surface area contributed by atoms with Gasteiger partial charge in [-0.1, -0.05) is 6.92 Å². The van der Waals surface area contributed by atoms with E-state index in [1.165, 1.54) is 0 Å². The molecular formula is C12H26O4. The lowest BCUT2D eigenvalue weighted by Gasteiger charge is -2.34. The van der Waals surface area contributed by atoms with Gasteiger partial charge in [-0.15, -0.1) is 0 Å². The van der Waals surface area contributed by atoms with Gasteiger partial charge in [-0.2, -0.15) is 0 Å². The first-order chi connectivity index (χ1) is 7.60. The zero-order chi connectivity index (χ0) is 12.4. The summed E-state index contributed by atoms with van der Waals surface area (Å²) in [6, 6.07) is 0. The molecular weight excluding hydrogens is 208 g/mol. The van der Waals surface area contributed by atoms with E-state index in [1.54, 1.807) is 14.2 Å². The van der Waals surface area contributed by atoms with Crippen molar-refractivity contribution in [2.75, 3.05) is 34.0 Å². The third-order valence-electron chi connectivity index (χ3n) is 3.18. The van der Waals surface area contributed by atoms with Crippen molar-refractivity contribution in [3.05, 3.63) is 0 Å². The highest BCUT2D eigenvalue weighted by Gasteiger charge is 2.32. The third-order valence-corrected chi connectivity index (χ3v) is 3.18. The molecule has 0 aromatic heterocycles. The van der Waals surface area contributed by atoms with E-state index >= 15 is 0 Å². The zero-order valence-electron chi connectivity index (χ0n) is 10.7. The van der Waals surface area contributed by atoms with Crippen LogP contribution in [0.15, 0.2) is 0 Å². The Bertz CT molecular complexity index is 163. The van der Waals surface area contributed by atoms with Crippen molar-refractivity contribution in [1.82, 2.24) is 0 Å². The van der Waals surface area contributed by atoms with Gasteiger partial charge in [0.15, 0.2) is 0 Å². The Kier molecular flexibility index (Phi) is 8.84. The third kappa shape index (κ3) is 5.80. The lowest BCUT2D eigenvalue weighted by Crippen LogP contribution is -2.38. The first-order valence-corrected chi connectivity index (χ1v) is 5.92. The Morgan fingerprint density at radius 1 is 1.12 bits per heavy atom. The van der Waals surface area contributed by atoms with Gasteiger partial charge in [-0.05, 0) is 31.6 Å². The van der Waals surface area contributed by atoms with Gasteiger partial charge >= 0.3 is 0 Å². The van der Waals surface area contributed by atoms with Gasteiger partial charge in [-0.25, -0.2) is 0 Å². The number of hydrogen-bond acceptors (Lipinski definition) is 4. The second-order valence-electron chi connectivity index (χ2n) is 4.36. The highest BCUT2D eigenvalue weighted by Crippen LogP contribution is 2.29. The number of aliphatic hydroxyl groups excluding tert-OH is 1. The van der Waals surface area contributed by atoms with Crippen LogP contribution in [0.25, 0.3) is 0 Å². The quantitative estimate of drug-likeness (QED) is 0.558. The van der Waals surface area contributed by atoms with Gasteiger partial charge in [0.25, 0.3) is 0 Å². The molecule has 0 spiro atoms. The van der Waals surface area contributed by atoms with Gasteiger partial charge in [0.2, 0.25) is 0 Å². The van der Waals surface area contributed by atoms with Crippen LogP contribution in [-0.2, 0) is 9.47 Å². The molecule has 4 nitrogen and oxygen atoms in total. The molecule has 0 saturated heterocycles. The number of aliphatic hydroxyl groups is 2. The standard InChI is InChI=1S/C12H26O4/c1-11(5-8-13)12(14,7-10-16-3)6-4-9-15-2/h11,13-14H,4-10H2,1-3H3. The van der Waals surface area contributed by atoms with Gasteiger partial charge in [0.05, 0.1) is 5.60 Å². The van der Waals surface area contributed by atoms with Crippen LogP contribution in [0.2, 0.25) is 0 Å². The maximum absolute atomic E-state index is 10.5. The molecule has 2 unspecified atom stereocenters. The van der Waals surface area contributed by atoms with Gasteiger partial charge in [0.1, 0.15) is 0 Å². The minimum atomic E-state index is -0.753. The molecule has 0 fully saturated rings. The van der Waals surface area contributed by atoms with Crippen molar-refractivity contribution >= 4 is 0 Å². The minimum Gasteiger partial charge on any atom is -0.396 e. The molecule has 2 N–H and O–H groups in total. The molecule has 4 heteroatoms. The van der Waals surface area contributed by atoms with Crippen molar-refractivity contribution in [3.8, 4) is 0 Å². The van der Waals surface area contributed by atoms with Crippen LogP contribution >= 0.6 is 0 Å². The molecule has 0 aliphatic rings. The SMILES string of the molecule is COCCCC(O)(CCOC)C(C)CCO. The summed E-state index contributed by atoms with van der Waals surface area (Å²) < 4.78 is 10.0. The van der Waals surface area contributed by atoms with E-state index in [1.807, 2.05) is 6.92 Å². The summed E-state index contributed by atoms with van der Waals surface area (Å²) in [5.41, 5.74) is -0.753. The molecule has 98 valence electrons. The van der Waals surface area contributed by atoms with Crippen LogP contribution in [0, 0.1) is 5.92 Å². The van der Waals surface area contributed by atoms with Crippen LogP contribution in [0.4, 0.5) is 0 Å². The van der Waals surface area contributed by atoms with Crippen LogP contribution in [0.1, 0.15) is 32.6 Å². The molecule has 0 amide bonds. The molecule has 0 aliphatic heterocycles. The average molecular weight is 234 g/mol. The van der Waals surface area contributed by atoms with E-state index in [9.17, 15) is 5.11 Å². The smallest absolute Gasteiger partial charge is 0.0696 e. The highest BCUT2D eigenvalue weighted by atomic mass is 16.5. The molecule has 0 heterocycles. The second-order valence-corrected chi connectivity index (χ2v) is 4.36. The maximum atomic E-state index is 10.5. The molecule has 2 atom stereocenters. The van der Waals surface area contributed by atoms with Crippen LogP contribution < -0.4 is 0 Å². The second kappa shape index (κ2) is 8.93. The minimum absolute atomic E-state index is 0.0736. The van der Waals surface area contributed by atoms with Crippen molar-refractivity contribution in [1.29, 1.82) is 0 Å². The largest absolute Gasteiger partial charge is 0.396 e. The number of ether oxygens (including phenoxy) is 2. The molecule has 0 rings (SSSR count). The zero-order valence-corrected chi connectivity index (χ0v) is 10.7. The summed E-state index contributed by atoms with van der Waals surface area (Å²) in [5, 5.41) is 19.5. The summed E-state index contributed by atoms with van der Waals surface area (Å²) >= 11 is 0. The van der Waals surface area contributed by atoms with Crippen molar-refractivity contribution < 1.29 is 19.7 Å². The Labute approximate surface area is 98.6 Å². The summed E-state index contributed by atoms with van der Waals surface area (Å²) in [5.74, 6) is 0.0736. The molecule has 0 radical (unpaired) electrons. The average Bonchev–Trinajstić information content (AvgIpc) is 2.27. The number of hydrogen-bond donors (Lipinski definition) is 2. The topological polar surface area (TPSA) is 58.9 Å². The molecule has 0 saturated carbocycles. The van der Waals surface area contributed by atoms with Crippen LogP contribution in [0.5, 0.6) is 0 Å². The van der Waals surface area contributed by atoms with E-state index < -0.39 is 5.60 Å². The monoisotopic (exact) mass is 234 g/mol. The van der Waals surface area contributed by atoms with Gasteiger partial charge in [-0.3, -0.25) is 0 Å². The Hall–Kier alpha value is -0.160. The lowest BCUT2D eigenvalue weighted by molar-refractivity contribution is -0.0535. The van der Waals surface area contributed by atoms with E-state index in [2.05, 4.69) is 0 Å². The predicted molar refractivity (Wildman–Crippen MR) is 63.4 cm³/mol. The molecule has 0 aromatic carbocycles. The molecule has 0 bridgehead atoms. The fourth-order valence-corrected chi connectivity index (χ4v) is 1.88. The fraction of sp³-hybridized carbons (Fsp3) is 1.00. The number of methoxy groups -OCH3 is 2. The lowest BCUT2D eigenvalue weighted by atomic mass is 9.80. The molecule has 16 heavy (non-hydrogen) atoms. The van der Waals surface area contributed by atoms with E-state index in [0.29, 0.717) is 32.5 Å². The first kappa shape index (κ1) is 15.8. The Morgan fingerprint density at radius 3 is 2.25 bits per heavy atom. The Balaban J connectivity index is 4.22. The summed E-state index contributed by atoms with van der Waals surface area (Å²) in [7, 11) is 3.29. The van der Waals surface area contributed by atoms with Gasteiger partial charge in [0, 0.05) is 34.0 Å². The maximum Gasteiger partial charge on any atom is 0.0696 e. The van der Waals surface area contributed by atoms with Crippen molar-refractivity contribution in [3.63, 3.8) is 0 Å². The summed E-state index contributed by atoms with van der Waals surface area (Å²) in [6.07, 6.45) is 2.74. The molecule has 0 aromatic rings. The van der Waals surface area contributed by atoms with Crippen LogP contribution in [-0.4, -0.2) is 49.9 Å². The van der Waals surface area contributed by atoms with Gasteiger partial charge < -0.3 is 19.7 Å². The highest BCUT2D eigenvalue weighted by molar-refractivity contribution is 4.84. The van der Waals surface area contributed by atoms with Crippen molar-refractivity contribution in [2.45, 2.75) is 38.2 Å². The number of rotatable bonds is 10. The van der Waals surface area contributed by atoms with E-state index in [4.69, 9.17) is 14.6 Å². The summed E-state index contributed by atoms with van der Waals surface area (Å²) in [6.45, 7) is 3.28. The predicted octanol–water partition coefficient (Wildman–Crippen LogP) is 1.20. The van der Waals surface area contributed by atoms with Crippen molar-refractivity contribution in [2.24, 2.45) is 5.92 Å². The van der Waals surface area contributed by atoms with Crippen LogP contribution in [0.3, 0.4) is 0 Å². The Morgan fingerprint density at radius 2 is 1.75 bits per heavy atom. The summed E-state index contributed by atoms with van der Waals surface area (Å²) in [4.78, 5) is 0. The first-order valence-electron chi connectivity index (χ1n) is 5.92.